The zero-order valence-electron chi connectivity index (χ0n) is 21.2. The van der Waals surface area contributed by atoms with E-state index >= 15 is 0 Å². The maximum Gasteiger partial charge on any atom is 0.408 e. The highest BCUT2D eigenvalue weighted by molar-refractivity contribution is 5.91. The summed E-state index contributed by atoms with van der Waals surface area (Å²) in [7, 11) is 0. The molecule has 1 fully saturated rings. The van der Waals surface area contributed by atoms with Crippen LogP contribution in [-0.2, 0) is 23.9 Å². The Hall–Kier alpha value is -3.30. The van der Waals surface area contributed by atoms with E-state index in [1.807, 2.05) is 0 Å². The molecule has 1 unspecified atom stereocenters. The van der Waals surface area contributed by atoms with Crippen molar-refractivity contribution in [1.82, 2.24) is 15.5 Å². The summed E-state index contributed by atoms with van der Waals surface area (Å²) in [6.45, 7) is 8.53. The number of ether oxygens (including phenoxy) is 2. The number of nitrogens with zero attached hydrogens (tertiary/aromatic N) is 1. The number of carbonyl (C=O) groups is 4. The molecular formula is C25H37N3O7. The van der Waals surface area contributed by atoms with Crippen LogP contribution in [0.2, 0.25) is 0 Å². The molecule has 35 heavy (non-hydrogen) atoms. The summed E-state index contributed by atoms with van der Waals surface area (Å²) in [6.07, 6.45) is 1.64. The van der Waals surface area contributed by atoms with Gasteiger partial charge in [-0.2, -0.15) is 0 Å². The third-order valence-electron chi connectivity index (χ3n) is 5.54. The number of phenolic OH excluding ortho intramolecular Hbond substituents is 1. The quantitative estimate of drug-likeness (QED) is 0.428. The minimum absolute atomic E-state index is 0.00151. The number of rotatable bonds is 10. The third kappa shape index (κ3) is 8.45. The number of aryl methyl sites for hydroxylation is 1. The van der Waals surface area contributed by atoms with Crippen LogP contribution in [0, 0.1) is 6.92 Å². The van der Waals surface area contributed by atoms with Crippen LogP contribution in [0.25, 0.3) is 0 Å². The van der Waals surface area contributed by atoms with E-state index in [2.05, 4.69) is 10.6 Å². The van der Waals surface area contributed by atoms with Crippen LogP contribution in [-0.4, -0.2) is 65.2 Å². The van der Waals surface area contributed by atoms with Crippen LogP contribution in [0.4, 0.5) is 4.79 Å². The lowest BCUT2D eigenvalue weighted by Crippen LogP contribution is -2.54. The summed E-state index contributed by atoms with van der Waals surface area (Å²) in [5, 5.41) is 15.2. The van der Waals surface area contributed by atoms with Crippen molar-refractivity contribution in [3.05, 3.63) is 29.3 Å². The van der Waals surface area contributed by atoms with Gasteiger partial charge in [0.1, 0.15) is 23.9 Å². The van der Waals surface area contributed by atoms with Crippen molar-refractivity contribution in [1.29, 1.82) is 0 Å². The van der Waals surface area contributed by atoms with Crippen molar-refractivity contribution in [2.24, 2.45) is 0 Å². The standard InChI is InChI=1S/C25H37N3O7/c1-6-34-21(31)12-13-26-23(32)22(17-10-11-19(29)16(2)14-17)28(18-8-7-9-18)20(30)15-27-24(33)35-25(3,4)5/h10-11,14,18,22,29H,6-9,12-13,15H2,1-5H3,(H,26,32)(H,27,33). The average Bonchev–Trinajstić information content (AvgIpc) is 2.71. The second-order valence-electron chi connectivity index (χ2n) is 9.54. The molecule has 0 spiro atoms. The molecule has 1 saturated carbocycles. The zero-order chi connectivity index (χ0) is 26.2. The highest BCUT2D eigenvalue weighted by Crippen LogP contribution is 2.34. The Balaban J connectivity index is 2.27. The first-order chi connectivity index (χ1) is 16.4. The number of hydrogen-bond donors (Lipinski definition) is 3. The second kappa shape index (κ2) is 12.4. The van der Waals surface area contributed by atoms with Crippen molar-refractivity contribution in [3.8, 4) is 5.75 Å². The lowest BCUT2D eigenvalue weighted by Gasteiger charge is -2.42. The first-order valence-corrected chi connectivity index (χ1v) is 11.9. The first kappa shape index (κ1) is 27.9. The van der Waals surface area contributed by atoms with Crippen molar-refractivity contribution >= 4 is 23.9 Å². The van der Waals surface area contributed by atoms with Gasteiger partial charge < -0.3 is 30.1 Å². The molecule has 3 amide bonds. The van der Waals surface area contributed by atoms with E-state index in [1.165, 1.54) is 11.0 Å². The minimum atomic E-state index is -1.00. The van der Waals surface area contributed by atoms with Gasteiger partial charge in [0, 0.05) is 12.6 Å². The highest BCUT2D eigenvalue weighted by Gasteiger charge is 2.39. The van der Waals surface area contributed by atoms with Crippen molar-refractivity contribution in [2.45, 2.75) is 78.0 Å². The third-order valence-corrected chi connectivity index (χ3v) is 5.54. The number of hydrogen-bond acceptors (Lipinski definition) is 7. The molecule has 3 N–H and O–H groups in total. The first-order valence-electron chi connectivity index (χ1n) is 11.9. The molecule has 10 heteroatoms. The Morgan fingerprint density at radius 3 is 2.40 bits per heavy atom. The fourth-order valence-corrected chi connectivity index (χ4v) is 3.68. The van der Waals surface area contributed by atoms with E-state index in [0.29, 0.717) is 11.1 Å². The molecule has 2 rings (SSSR count). The van der Waals surface area contributed by atoms with E-state index in [9.17, 15) is 24.3 Å². The Labute approximate surface area is 206 Å². The fourth-order valence-electron chi connectivity index (χ4n) is 3.68. The minimum Gasteiger partial charge on any atom is -0.508 e. The lowest BCUT2D eigenvalue weighted by atomic mass is 9.88. The van der Waals surface area contributed by atoms with Gasteiger partial charge in [-0.05, 0) is 77.1 Å². The normalized spacial score (nSPS) is 14.3. The maximum atomic E-state index is 13.4. The number of carbonyl (C=O) groups excluding carboxylic acids is 4. The summed E-state index contributed by atoms with van der Waals surface area (Å²) in [5.74, 6) is -1.25. The molecule has 1 aliphatic rings. The Morgan fingerprint density at radius 2 is 1.86 bits per heavy atom. The molecule has 194 valence electrons. The summed E-state index contributed by atoms with van der Waals surface area (Å²) >= 11 is 0. The molecule has 1 aromatic carbocycles. The number of aromatic hydroxyl groups is 1. The number of benzene rings is 1. The van der Waals surface area contributed by atoms with Gasteiger partial charge in [-0.1, -0.05) is 6.07 Å². The fraction of sp³-hybridized carbons (Fsp3) is 0.600. The molecule has 10 nitrogen and oxygen atoms in total. The van der Waals surface area contributed by atoms with Gasteiger partial charge in [-0.3, -0.25) is 14.4 Å². The molecule has 0 bridgehead atoms. The Morgan fingerprint density at radius 1 is 1.17 bits per heavy atom. The molecule has 0 heterocycles. The topological polar surface area (TPSA) is 134 Å². The van der Waals surface area contributed by atoms with Crippen molar-refractivity contribution in [3.63, 3.8) is 0 Å². The van der Waals surface area contributed by atoms with Crippen LogP contribution in [0.15, 0.2) is 18.2 Å². The molecule has 0 radical (unpaired) electrons. The number of nitrogens with one attached hydrogen (secondary N) is 2. The maximum absolute atomic E-state index is 13.4. The van der Waals surface area contributed by atoms with Gasteiger partial charge in [0.25, 0.3) is 0 Å². The SMILES string of the molecule is CCOC(=O)CCNC(=O)C(c1ccc(O)c(C)c1)N(C(=O)CNC(=O)OC(C)(C)C)C1CCC1. The molecule has 0 aromatic heterocycles. The van der Waals surface area contributed by atoms with Crippen LogP contribution in [0.1, 0.15) is 70.5 Å². The zero-order valence-corrected chi connectivity index (χ0v) is 21.2. The Bertz CT molecular complexity index is 922. The van der Waals surface area contributed by atoms with Gasteiger partial charge in [0.2, 0.25) is 11.8 Å². The monoisotopic (exact) mass is 491 g/mol. The summed E-state index contributed by atoms with van der Waals surface area (Å²) in [6, 6.07) is 3.54. The van der Waals surface area contributed by atoms with E-state index in [0.717, 1.165) is 19.3 Å². The molecule has 0 aliphatic heterocycles. The number of phenols is 1. The van der Waals surface area contributed by atoms with Crippen molar-refractivity contribution < 1.29 is 33.8 Å². The smallest absolute Gasteiger partial charge is 0.408 e. The van der Waals surface area contributed by atoms with Gasteiger partial charge in [0.05, 0.1) is 13.0 Å². The highest BCUT2D eigenvalue weighted by atomic mass is 16.6. The van der Waals surface area contributed by atoms with Crippen LogP contribution < -0.4 is 10.6 Å². The predicted molar refractivity (Wildman–Crippen MR) is 129 cm³/mol. The van der Waals surface area contributed by atoms with Crippen LogP contribution in [0.3, 0.4) is 0 Å². The second-order valence-corrected chi connectivity index (χ2v) is 9.54. The average molecular weight is 492 g/mol. The molecule has 1 aliphatic carbocycles. The summed E-state index contributed by atoms with van der Waals surface area (Å²) in [4.78, 5) is 52.0. The Kier molecular flexibility index (Phi) is 9.91. The van der Waals surface area contributed by atoms with E-state index < -0.39 is 35.5 Å². The van der Waals surface area contributed by atoms with E-state index in [-0.39, 0.29) is 37.9 Å². The van der Waals surface area contributed by atoms with Gasteiger partial charge in [0.15, 0.2) is 0 Å². The van der Waals surface area contributed by atoms with E-state index in [4.69, 9.17) is 9.47 Å². The summed E-state index contributed by atoms with van der Waals surface area (Å²) in [5.41, 5.74) is 0.359. The summed E-state index contributed by atoms with van der Waals surface area (Å²) < 4.78 is 10.1. The molecule has 1 aromatic rings. The lowest BCUT2D eigenvalue weighted by molar-refractivity contribution is -0.146. The number of alkyl carbamates (subject to hydrolysis) is 1. The largest absolute Gasteiger partial charge is 0.508 e. The molecule has 1 atom stereocenters. The number of esters is 1. The molecular weight excluding hydrogens is 454 g/mol. The van der Waals surface area contributed by atoms with Crippen molar-refractivity contribution in [2.75, 3.05) is 19.7 Å². The van der Waals surface area contributed by atoms with Gasteiger partial charge in [-0.15, -0.1) is 0 Å². The predicted octanol–water partition coefficient (Wildman–Crippen LogP) is 2.72. The molecule has 0 saturated heterocycles. The van der Waals surface area contributed by atoms with E-state index in [1.54, 1.807) is 46.8 Å². The van der Waals surface area contributed by atoms with Crippen LogP contribution in [0.5, 0.6) is 5.75 Å². The van der Waals surface area contributed by atoms with Gasteiger partial charge in [-0.25, -0.2) is 4.79 Å². The van der Waals surface area contributed by atoms with Gasteiger partial charge >= 0.3 is 12.1 Å². The van der Waals surface area contributed by atoms with Crippen LogP contribution >= 0.6 is 0 Å². The number of amides is 3.